The third-order valence-corrected chi connectivity index (χ3v) is 14.9. The van der Waals surface area contributed by atoms with Crippen molar-refractivity contribution in [1.82, 2.24) is 58.5 Å². The van der Waals surface area contributed by atoms with E-state index in [2.05, 4.69) is 63.5 Å². The predicted molar refractivity (Wildman–Crippen MR) is 329 cm³/mol. The maximum atomic E-state index is 15.5. The highest BCUT2D eigenvalue weighted by Gasteiger charge is 2.44. The van der Waals surface area contributed by atoms with Crippen LogP contribution in [-0.4, -0.2) is 184 Å². The van der Waals surface area contributed by atoms with Crippen LogP contribution in [0.15, 0.2) is 35.3 Å². The second-order valence-corrected chi connectivity index (χ2v) is 26.2. The topological polar surface area (TPSA) is 514 Å². The number of primary amides is 1. The normalized spacial score (nSPS) is 26.1. The first kappa shape index (κ1) is 76.2. The van der Waals surface area contributed by atoms with Gasteiger partial charge in [0.05, 0.1) is 43.9 Å². The molecule has 2 fully saturated rings. The number of amides is 12. The molecule has 31 nitrogen and oxygen atoms in total. The summed E-state index contributed by atoms with van der Waals surface area (Å²) in [6, 6.07) is -10.9. The highest BCUT2D eigenvalue weighted by molar-refractivity contribution is 6.00. The van der Waals surface area contributed by atoms with Gasteiger partial charge in [0.1, 0.15) is 54.4 Å². The Bertz CT molecular complexity index is 2720. The third-order valence-electron chi connectivity index (χ3n) is 14.9. The predicted octanol–water partition coefficient (Wildman–Crippen LogP) is -4.69. The number of fused-ring (bicyclic) bond motifs is 3. The monoisotopic (exact) mass is 1270 g/mol. The Morgan fingerprint density at radius 2 is 1.22 bits per heavy atom. The Labute approximate surface area is 524 Å². The van der Waals surface area contributed by atoms with Crippen LogP contribution in [0.5, 0.6) is 0 Å². The Morgan fingerprint density at radius 3 is 1.78 bits per heavy atom. The summed E-state index contributed by atoms with van der Waals surface area (Å²) in [5.41, 5.74) is 21.9. The summed E-state index contributed by atoms with van der Waals surface area (Å²) in [6.45, 7) is 16.9. The molecule has 2 aliphatic heterocycles. The maximum absolute atomic E-state index is 15.5. The van der Waals surface area contributed by atoms with E-state index in [1.54, 1.807) is 47.6 Å². The smallest absolute Gasteiger partial charge is 0.245 e. The lowest BCUT2D eigenvalue weighted by Crippen LogP contribution is -2.65. The summed E-state index contributed by atoms with van der Waals surface area (Å²) in [4.78, 5) is 174. The fourth-order valence-corrected chi connectivity index (χ4v) is 10.2. The summed E-state index contributed by atoms with van der Waals surface area (Å²) in [5, 5.41) is 61.5. The number of nitrogens with one attached hydrogen (secondary N) is 11. The number of carbonyl (C=O) groups excluding carboxylic acids is 12. The quantitative estimate of drug-likeness (QED) is 0.0352. The molecule has 2 heterocycles. The minimum absolute atomic E-state index is 0.0279. The number of carbonyl (C=O) groups is 12. The number of aliphatic hydroxyl groups is 3. The lowest BCUT2D eigenvalue weighted by molar-refractivity contribution is -0.139. The molecular weight excluding hydrogens is 1170 g/mol. The van der Waals surface area contributed by atoms with Gasteiger partial charge >= 0.3 is 0 Å². The van der Waals surface area contributed by atoms with Gasteiger partial charge in [-0.25, -0.2) is 0 Å². The molecule has 12 amide bonds. The molecule has 14 atom stereocenters. The van der Waals surface area contributed by atoms with Crippen LogP contribution in [-0.2, 0) is 57.5 Å². The molecule has 0 saturated carbocycles. The Hall–Kier alpha value is -8.03. The average molecular weight is 1270 g/mol. The van der Waals surface area contributed by atoms with Gasteiger partial charge in [0.15, 0.2) is 5.96 Å². The Kier molecular flexibility index (Phi) is 29.5. The number of rotatable bonds is 19. The zero-order valence-corrected chi connectivity index (χ0v) is 53.4. The number of hydrogen-bond acceptors (Lipinski definition) is 17. The number of nitrogens with zero attached hydrogens (tertiary/aromatic N) is 1. The molecule has 2 bridgehead atoms. The van der Waals surface area contributed by atoms with Crippen molar-refractivity contribution < 1.29 is 72.9 Å². The standard InChI is InChI=1S/C59H98N16O15/c1-12-30-22-38(77)43-53(87)65-26-40(79)66-35(23-39(61)78)50(84)70-37(27-76)52(86)71-41(31-17-14-13-15-18-31)44(74-51(85)36(25-59(9,10)11)69-47(81)32(60)24-58(6,7)8)55(89)75-45(46(80)29(4)5)56(90)68-34(21-28(2)3)49(83)67-33(19-16-20-64-57(62)63)48(82)72-42(30)54(88)73-43/h13-15,17-18,28-30,32-38,41-46,76-77,80H,12,16,19-27,60H2,1-11H3,(H2,61,78)(H,65,87)(H,66,79)(H,67,83)(H,68,90)(H,69,81)(H,70,84)(H,71,86)(H,72,82)(H,73,88)(H,74,85)(H,75,89)(H4,62,63,64)/t30-,32-,33-,34+,35+,36+,37+,38+,41-,42+,43+,44+,45+,46-/m1/s1. The van der Waals surface area contributed by atoms with Gasteiger partial charge in [-0.2, -0.15) is 0 Å². The first-order valence-corrected chi connectivity index (χ1v) is 30.3. The highest BCUT2D eigenvalue weighted by Crippen LogP contribution is 2.26. The molecule has 22 N–H and O–H groups in total. The summed E-state index contributed by atoms with van der Waals surface area (Å²) in [7, 11) is 0. The molecule has 0 aromatic heterocycles. The molecule has 504 valence electrons. The van der Waals surface area contributed by atoms with Crippen LogP contribution in [0.25, 0.3) is 0 Å². The Balaban J connectivity index is 2.40. The van der Waals surface area contributed by atoms with E-state index >= 15 is 4.79 Å². The maximum Gasteiger partial charge on any atom is 0.245 e. The van der Waals surface area contributed by atoms with Gasteiger partial charge < -0.3 is 96.7 Å². The zero-order chi connectivity index (χ0) is 68.1. The van der Waals surface area contributed by atoms with Crippen LogP contribution >= 0.6 is 0 Å². The third kappa shape index (κ3) is 24.7. The van der Waals surface area contributed by atoms with Crippen LogP contribution in [0.3, 0.4) is 0 Å². The average Bonchev–Trinajstić information content (AvgIpc) is 1.64. The zero-order valence-electron chi connectivity index (χ0n) is 53.4. The van der Waals surface area contributed by atoms with Crippen molar-refractivity contribution >= 4 is 76.8 Å². The summed E-state index contributed by atoms with van der Waals surface area (Å²) in [5.74, 6) is -15.1. The van der Waals surface area contributed by atoms with Crippen LogP contribution in [0.1, 0.15) is 139 Å². The van der Waals surface area contributed by atoms with Gasteiger partial charge in [0.2, 0.25) is 70.9 Å². The second-order valence-electron chi connectivity index (χ2n) is 26.2. The molecule has 3 rings (SSSR count). The molecule has 0 aliphatic carbocycles. The highest BCUT2D eigenvalue weighted by atomic mass is 16.3. The van der Waals surface area contributed by atoms with Gasteiger partial charge in [0, 0.05) is 6.54 Å². The van der Waals surface area contributed by atoms with Crippen molar-refractivity contribution in [1.29, 1.82) is 0 Å². The fraction of sp³-hybridized carbons (Fsp3) is 0.678. The molecule has 2 saturated heterocycles. The number of benzene rings is 1. The van der Waals surface area contributed by atoms with E-state index in [0.717, 1.165) is 0 Å². The van der Waals surface area contributed by atoms with E-state index < -0.39 is 192 Å². The van der Waals surface area contributed by atoms with Crippen molar-refractivity contribution in [2.75, 3.05) is 19.7 Å². The van der Waals surface area contributed by atoms with Gasteiger partial charge in [0.25, 0.3) is 0 Å². The number of aliphatic hydroxyl groups excluding tert-OH is 3. The number of nitrogens with two attached hydrogens (primary N) is 4. The van der Waals surface area contributed by atoms with E-state index in [9.17, 15) is 68.1 Å². The lowest BCUT2D eigenvalue weighted by atomic mass is 9.86. The van der Waals surface area contributed by atoms with Crippen molar-refractivity contribution in [3.05, 3.63) is 35.9 Å². The molecule has 90 heavy (non-hydrogen) atoms. The summed E-state index contributed by atoms with van der Waals surface area (Å²) < 4.78 is 0. The van der Waals surface area contributed by atoms with Crippen molar-refractivity contribution in [3.63, 3.8) is 0 Å². The Morgan fingerprint density at radius 1 is 0.667 bits per heavy atom. The minimum Gasteiger partial charge on any atom is -0.394 e. The number of guanidine groups is 1. The first-order valence-electron chi connectivity index (χ1n) is 30.3. The second kappa shape index (κ2) is 34.8. The largest absolute Gasteiger partial charge is 0.394 e. The first-order chi connectivity index (χ1) is 41.9. The van der Waals surface area contributed by atoms with Gasteiger partial charge in [-0.05, 0) is 72.7 Å². The SMILES string of the molecule is CC[C@@H]1C[C@H](O)[C@@H]2NC(=O)[C@H]1NC(=O)[C@@H](CCCN=C(N)N)NC(=O)[C@H](CC(C)C)NC(=O)[C@H]([C@H](O)C(C)C)NC(=O)[C@@H](NC(=O)[C@H](CC(C)(C)C)NC(=O)[C@H](N)CC(C)(C)C)[C@@H](c1ccccc1)NC(=O)[C@H](CO)NC(=O)[C@H](CC(N)=O)NC(=O)CNC2=O. The molecule has 1 aromatic rings. The number of aliphatic imine (C=N–C) groups is 1. The van der Waals surface area contributed by atoms with Crippen molar-refractivity contribution in [3.8, 4) is 0 Å². The van der Waals surface area contributed by atoms with Crippen molar-refractivity contribution in [2.45, 2.75) is 206 Å². The minimum atomic E-state index is -2.05. The van der Waals surface area contributed by atoms with Gasteiger partial charge in [-0.3, -0.25) is 62.5 Å². The molecule has 2 aliphatic rings. The molecule has 0 radical (unpaired) electrons. The fourth-order valence-electron chi connectivity index (χ4n) is 10.2. The molecule has 31 heteroatoms. The van der Waals surface area contributed by atoms with E-state index in [4.69, 9.17) is 22.9 Å². The summed E-state index contributed by atoms with van der Waals surface area (Å²) >= 11 is 0. The van der Waals surface area contributed by atoms with E-state index in [1.807, 2.05) is 20.8 Å². The molecule has 1 aromatic carbocycles. The lowest BCUT2D eigenvalue weighted by Gasteiger charge is -2.35. The van der Waals surface area contributed by atoms with E-state index in [0.29, 0.717) is 0 Å². The number of hydrogen-bond donors (Lipinski definition) is 18. The van der Waals surface area contributed by atoms with Gasteiger partial charge in [-0.15, -0.1) is 0 Å². The molecule has 0 spiro atoms. The molecular formula is C59H98N16O15. The van der Waals surface area contributed by atoms with Gasteiger partial charge in [-0.1, -0.05) is 113 Å². The molecule has 0 unspecified atom stereocenters. The van der Waals surface area contributed by atoms with Crippen LogP contribution in [0, 0.1) is 28.6 Å². The van der Waals surface area contributed by atoms with E-state index in [-0.39, 0.29) is 68.9 Å². The van der Waals surface area contributed by atoms with Crippen molar-refractivity contribution in [2.24, 2.45) is 56.5 Å². The summed E-state index contributed by atoms with van der Waals surface area (Å²) in [6.07, 6.45) is -4.48. The van der Waals surface area contributed by atoms with Crippen LogP contribution < -0.4 is 81.4 Å². The van der Waals surface area contributed by atoms with Crippen LogP contribution in [0.2, 0.25) is 0 Å². The van der Waals surface area contributed by atoms with E-state index in [1.165, 1.54) is 38.1 Å². The van der Waals surface area contributed by atoms with Crippen LogP contribution in [0.4, 0.5) is 0 Å².